The topological polar surface area (TPSA) is 62.5 Å². The maximum absolute atomic E-state index is 10.6. The maximum atomic E-state index is 10.6. The van der Waals surface area contributed by atoms with Crippen LogP contribution in [0.3, 0.4) is 0 Å². The van der Waals surface area contributed by atoms with Gasteiger partial charge < -0.3 is 14.8 Å². The molecule has 0 saturated carbocycles. The molecule has 0 saturated heterocycles. The number of terminal acetylenes is 1. The first-order valence-electron chi connectivity index (χ1n) is 5.15. The molecule has 1 unspecified atom stereocenters. The smallest absolute Gasteiger partial charge is 0.371 e. The molecule has 0 aliphatic rings. The fourth-order valence-electron chi connectivity index (χ4n) is 1.31. The summed E-state index contributed by atoms with van der Waals surface area (Å²) in [5.41, 5.74) is 0. The zero-order valence-electron chi connectivity index (χ0n) is 9.19. The van der Waals surface area contributed by atoms with Crippen molar-refractivity contribution in [1.82, 2.24) is 5.32 Å². The van der Waals surface area contributed by atoms with Crippen LogP contribution in [0.25, 0.3) is 0 Å². The summed E-state index contributed by atoms with van der Waals surface area (Å²) in [6.45, 7) is 2.70. The van der Waals surface area contributed by atoms with Crippen LogP contribution in [0, 0.1) is 12.3 Å². The van der Waals surface area contributed by atoms with E-state index in [1.807, 2.05) is 6.92 Å². The third-order valence-corrected chi connectivity index (χ3v) is 2.21. The van der Waals surface area contributed by atoms with Gasteiger partial charge in [-0.2, -0.15) is 0 Å². The second kappa shape index (κ2) is 5.99. The van der Waals surface area contributed by atoms with Crippen LogP contribution < -0.4 is 5.32 Å². The van der Waals surface area contributed by atoms with Crippen LogP contribution in [0.4, 0.5) is 0 Å². The molecule has 0 aromatic carbocycles. The van der Waals surface area contributed by atoms with Crippen molar-refractivity contribution in [3.8, 4) is 12.3 Å². The molecule has 0 radical (unpaired) electrons. The Bertz CT molecular complexity index is 389. The molecule has 1 atom stereocenters. The van der Waals surface area contributed by atoms with E-state index < -0.39 is 5.97 Å². The minimum atomic E-state index is -1.05. The molecule has 0 aliphatic carbocycles. The standard InChI is InChI=1S/C12H15NO3/c1-3-4-5-8-13-9(2)10-6-7-11(16-10)12(14)15/h1,6-7,9,13H,4-5,8H2,2H3,(H,14,15). The van der Waals surface area contributed by atoms with Crippen molar-refractivity contribution in [2.75, 3.05) is 6.54 Å². The monoisotopic (exact) mass is 221 g/mol. The number of hydrogen-bond acceptors (Lipinski definition) is 3. The Morgan fingerprint density at radius 1 is 1.69 bits per heavy atom. The quantitative estimate of drug-likeness (QED) is 0.570. The highest BCUT2D eigenvalue weighted by atomic mass is 16.4. The Morgan fingerprint density at radius 3 is 3.00 bits per heavy atom. The van der Waals surface area contributed by atoms with E-state index >= 15 is 0 Å². The van der Waals surface area contributed by atoms with E-state index in [2.05, 4.69) is 11.2 Å². The first kappa shape index (κ1) is 12.3. The lowest BCUT2D eigenvalue weighted by molar-refractivity contribution is 0.0659. The molecule has 4 heteroatoms. The van der Waals surface area contributed by atoms with Gasteiger partial charge in [-0.15, -0.1) is 12.3 Å². The molecule has 1 rings (SSSR count). The lowest BCUT2D eigenvalue weighted by Crippen LogP contribution is -2.19. The second-order valence-corrected chi connectivity index (χ2v) is 3.49. The zero-order valence-corrected chi connectivity index (χ0v) is 9.19. The number of unbranched alkanes of at least 4 members (excludes halogenated alkanes) is 1. The zero-order chi connectivity index (χ0) is 12.0. The van der Waals surface area contributed by atoms with Crippen LogP contribution in [0.15, 0.2) is 16.5 Å². The van der Waals surface area contributed by atoms with Crippen molar-refractivity contribution in [3.05, 3.63) is 23.7 Å². The van der Waals surface area contributed by atoms with Gasteiger partial charge in [0.05, 0.1) is 6.04 Å². The molecule has 0 fully saturated rings. The van der Waals surface area contributed by atoms with Gasteiger partial charge in [-0.25, -0.2) is 4.79 Å². The van der Waals surface area contributed by atoms with Crippen molar-refractivity contribution in [3.63, 3.8) is 0 Å². The summed E-state index contributed by atoms with van der Waals surface area (Å²) in [6.07, 6.45) is 6.76. The summed E-state index contributed by atoms with van der Waals surface area (Å²) in [7, 11) is 0. The predicted molar refractivity (Wildman–Crippen MR) is 60.2 cm³/mol. The number of rotatable bonds is 6. The lowest BCUT2D eigenvalue weighted by Gasteiger charge is -2.09. The normalized spacial score (nSPS) is 12.0. The molecule has 1 aromatic heterocycles. The summed E-state index contributed by atoms with van der Waals surface area (Å²) in [6, 6.07) is 3.12. The molecule has 16 heavy (non-hydrogen) atoms. The summed E-state index contributed by atoms with van der Waals surface area (Å²) < 4.78 is 5.16. The van der Waals surface area contributed by atoms with E-state index in [1.165, 1.54) is 6.07 Å². The van der Waals surface area contributed by atoms with Gasteiger partial charge >= 0.3 is 5.97 Å². The van der Waals surface area contributed by atoms with Crippen LogP contribution in [0.1, 0.15) is 42.1 Å². The Hall–Kier alpha value is -1.73. The van der Waals surface area contributed by atoms with Crippen molar-refractivity contribution in [1.29, 1.82) is 0 Å². The van der Waals surface area contributed by atoms with Gasteiger partial charge in [0.25, 0.3) is 0 Å². The Morgan fingerprint density at radius 2 is 2.44 bits per heavy atom. The minimum absolute atomic E-state index is 0.00845. The van der Waals surface area contributed by atoms with E-state index in [4.69, 9.17) is 15.9 Å². The Labute approximate surface area is 94.7 Å². The van der Waals surface area contributed by atoms with Crippen molar-refractivity contribution < 1.29 is 14.3 Å². The molecule has 2 N–H and O–H groups in total. The van der Waals surface area contributed by atoms with Gasteiger partial charge in [0, 0.05) is 6.42 Å². The van der Waals surface area contributed by atoms with Crippen LogP contribution in [-0.4, -0.2) is 17.6 Å². The Balaban J connectivity index is 2.43. The maximum Gasteiger partial charge on any atom is 0.371 e. The molecular weight excluding hydrogens is 206 g/mol. The minimum Gasteiger partial charge on any atom is -0.475 e. The van der Waals surface area contributed by atoms with Crippen LogP contribution in [-0.2, 0) is 0 Å². The van der Waals surface area contributed by atoms with E-state index in [9.17, 15) is 4.79 Å². The molecule has 0 spiro atoms. The third-order valence-electron chi connectivity index (χ3n) is 2.21. The first-order valence-corrected chi connectivity index (χ1v) is 5.15. The molecule has 1 heterocycles. The van der Waals surface area contributed by atoms with Crippen molar-refractivity contribution in [2.24, 2.45) is 0 Å². The van der Waals surface area contributed by atoms with E-state index in [0.717, 1.165) is 19.4 Å². The summed E-state index contributed by atoms with van der Waals surface area (Å²) in [5, 5.41) is 11.9. The molecule has 0 aliphatic heterocycles. The second-order valence-electron chi connectivity index (χ2n) is 3.49. The van der Waals surface area contributed by atoms with E-state index in [1.54, 1.807) is 6.07 Å². The van der Waals surface area contributed by atoms with Gasteiger partial charge in [-0.05, 0) is 32.0 Å². The van der Waals surface area contributed by atoms with Gasteiger partial charge in [0.2, 0.25) is 5.76 Å². The average Bonchev–Trinajstić information content (AvgIpc) is 2.73. The Kier molecular flexibility index (Phi) is 4.62. The number of furan rings is 1. The molecule has 1 aromatic rings. The number of carboxylic acids is 1. The fourth-order valence-corrected chi connectivity index (χ4v) is 1.31. The average molecular weight is 221 g/mol. The fraction of sp³-hybridized carbons (Fsp3) is 0.417. The lowest BCUT2D eigenvalue weighted by atomic mass is 10.2. The molecule has 86 valence electrons. The van der Waals surface area contributed by atoms with Gasteiger partial charge in [0.1, 0.15) is 5.76 Å². The number of aromatic carboxylic acids is 1. The number of hydrogen-bond donors (Lipinski definition) is 2. The highest BCUT2D eigenvalue weighted by Gasteiger charge is 2.13. The van der Waals surface area contributed by atoms with E-state index in [-0.39, 0.29) is 11.8 Å². The van der Waals surface area contributed by atoms with Crippen molar-refractivity contribution in [2.45, 2.75) is 25.8 Å². The highest BCUT2D eigenvalue weighted by Crippen LogP contribution is 2.16. The number of nitrogens with one attached hydrogen (secondary N) is 1. The largest absolute Gasteiger partial charge is 0.475 e. The van der Waals surface area contributed by atoms with Crippen LogP contribution in [0.2, 0.25) is 0 Å². The number of carbonyl (C=O) groups is 1. The summed E-state index contributed by atoms with van der Waals surface area (Å²) in [4.78, 5) is 10.6. The molecule has 4 nitrogen and oxygen atoms in total. The van der Waals surface area contributed by atoms with E-state index in [0.29, 0.717) is 5.76 Å². The van der Waals surface area contributed by atoms with Gasteiger partial charge in [-0.1, -0.05) is 0 Å². The van der Waals surface area contributed by atoms with Gasteiger partial charge in [-0.3, -0.25) is 0 Å². The van der Waals surface area contributed by atoms with Crippen LogP contribution >= 0.6 is 0 Å². The third kappa shape index (κ3) is 3.44. The SMILES string of the molecule is C#CCCCNC(C)c1ccc(C(=O)O)o1. The highest BCUT2D eigenvalue weighted by molar-refractivity contribution is 5.84. The first-order chi connectivity index (χ1) is 7.65. The summed E-state index contributed by atoms with van der Waals surface area (Å²) in [5.74, 6) is 2.10. The molecule has 0 amide bonds. The van der Waals surface area contributed by atoms with Crippen LogP contribution in [0.5, 0.6) is 0 Å². The summed E-state index contributed by atoms with van der Waals surface area (Å²) >= 11 is 0. The predicted octanol–water partition coefficient (Wildman–Crippen LogP) is 2.04. The van der Waals surface area contributed by atoms with Crippen molar-refractivity contribution >= 4 is 5.97 Å². The van der Waals surface area contributed by atoms with Gasteiger partial charge in [0.15, 0.2) is 0 Å². The molecule has 0 bridgehead atoms. The number of carboxylic acid groups (broad SMARTS) is 1. The molecular formula is C12H15NO3.